The van der Waals surface area contributed by atoms with Crippen molar-refractivity contribution in [2.75, 3.05) is 11.5 Å². The van der Waals surface area contributed by atoms with Crippen molar-refractivity contribution in [1.82, 2.24) is 5.01 Å². The van der Waals surface area contributed by atoms with E-state index in [1.165, 1.54) is 4.90 Å². The van der Waals surface area contributed by atoms with E-state index in [0.717, 1.165) is 24.0 Å². The van der Waals surface area contributed by atoms with E-state index in [0.29, 0.717) is 23.6 Å². The normalized spacial score (nSPS) is 23.6. The molecule has 3 heterocycles. The van der Waals surface area contributed by atoms with Crippen LogP contribution in [0.25, 0.3) is 0 Å². The molecule has 4 atom stereocenters. The Hall–Kier alpha value is -4.26. The Morgan fingerprint density at radius 3 is 2.35 bits per heavy atom. The van der Waals surface area contributed by atoms with Crippen molar-refractivity contribution in [2.24, 2.45) is 16.9 Å². The summed E-state index contributed by atoms with van der Waals surface area (Å²) in [5.41, 5.74) is 2.77. The van der Waals surface area contributed by atoms with Crippen molar-refractivity contribution in [3.05, 3.63) is 95.6 Å². The molecule has 186 valence electrons. The molecule has 7 nitrogen and oxygen atoms in total. The number of hydrogen-bond donors (Lipinski definition) is 0. The minimum absolute atomic E-state index is 0.211. The van der Waals surface area contributed by atoms with Gasteiger partial charge in [0.25, 0.3) is 0 Å². The van der Waals surface area contributed by atoms with Gasteiger partial charge in [-0.3, -0.25) is 19.4 Å². The third-order valence-electron chi connectivity index (χ3n) is 7.48. The summed E-state index contributed by atoms with van der Waals surface area (Å²) in [5.74, 6) is -1.75. The summed E-state index contributed by atoms with van der Waals surface area (Å²) in [5, 5.41) is 6.29. The summed E-state index contributed by atoms with van der Waals surface area (Å²) in [4.78, 5) is 42.9. The third kappa shape index (κ3) is 3.73. The number of fused-ring (bicyclic) bond motifs is 5. The number of carbonyl (C=O) groups is 3. The van der Waals surface area contributed by atoms with Crippen LogP contribution < -0.4 is 9.64 Å². The highest BCUT2D eigenvalue weighted by Crippen LogP contribution is 2.53. The minimum atomic E-state index is -0.875. The zero-order valence-electron chi connectivity index (χ0n) is 20.5. The number of amides is 2. The second-order valence-corrected chi connectivity index (χ2v) is 9.63. The first-order valence-corrected chi connectivity index (χ1v) is 12.7. The molecule has 2 amide bonds. The average Bonchev–Trinajstić information content (AvgIpc) is 3.41. The summed E-state index contributed by atoms with van der Waals surface area (Å²) in [6, 6.07) is 22.3. The van der Waals surface area contributed by atoms with Crippen LogP contribution in [-0.4, -0.2) is 41.5 Å². The van der Waals surface area contributed by atoms with Gasteiger partial charge in [-0.1, -0.05) is 67.9 Å². The van der Waals surface area contributed by atoms with Gasteiger partial charge in [-0.05, 0) is 41.8 Å². The van der Waals surface area contributed by atoms with Crippen molar-refractivity contribution < 1.29 is 19.1 Å². The van der Waals surface area contributed by atoms with Gasteiger partial charge in [0.15, 0.2) is 5.78 Å². The van der Waals surface area contributed by atoms with E-state index in [1.807, 2.05) is 30.3 Å². The van der Waals surface area contributed by atoms with E-state index >= 15 is 0 Å². The van der Waals surface area contributed by atoms with Crippen molar-refractivity contribution in [3.63, 3.8) is 0 Å². The van der Waals surface area contributed by atoms with Crippen molar-refractivity contribution in [2.45, 2.75) is 31.8 Å². The molecule has 6 rings (SSSR count). The lowest BCUT2D eigenvalue weighted by Crippen LogP contribution is -2.44. The van der Waals surface area contributed by atoms with Gasteiger partial charge in [-0.25, -0.2) is 4.90 Å². The maximum Gasteiger partial charge on any atom is 0.240 e. The number of hydrogen-bond acceptors (Lipinski definition) is 6. The Balaban J connectivity index is 1.39. The topological polar surface area (TPSA) is 79.3 Å². The molecule has 0 N–H and O–H groups in total. The molecule has 3 aromatic rings. The van der Waals surface area contributed by atoms with E-state index in [9.17, 15) is 14.4 Å². The van der Waals surface area contributed by atoms with Crippen LogP contribution in [-0.2, 0) is 9.59 Å². The van der Waals surface area contributed by atoms with Crippen LogP contribution in [0, 0.1) is 11.8 Å². The van der Waals surface area contributed by atoms with Crippen LogP contribution >= 0.6 is 0 Å². The van der Waals surface area contributed by atoms with Gasteiger partial charge < -0.3 is 4.74 Å². The molecule has 3 aliphatic heterocycles. The number of unbranched alkanes of at least 4 members (excludes halogenated alkanes) is 1. The van der Waals surface area contributed by atoms with E-state index in [-0.39, 0.29) is 17.6 Å². The zero-order valence-corrected chi connectivity index (χ0v) is 20.5. The number of ketones is 1. The first-order chi connectivity index (χ1) is 18.1. The lowest BCUT2D eigenvalue weighted by molar-refractivity contribution is -0.124. The summed E-state index contributed by atoms with van der Waals surface area (Å²) in [6.45, 7) is 2.71. The summed E-state index contributed by atoms with van der Waals surface area (Å²) >= 11 is 0. The molecule has 0 saturated carbocycles. The number of hydrazone groups is 1. The largest absolute Gasteiger partial charge is 0.494 e. The Bertz CT molecular complexity index is 1390. The molecule has 0 bridgehead atoms. The Labute approximate surface area is 215 Å². The number of benzene rings is 3. The van der Waals surface area contributed by atoms with Gasteiger partial charge in [0.2, 0.25) is 11.8 Å². The fraction of sp³-hybridized carbons (Fsp3) is 0.267. The third-order valence-corrected chi connectivity index (χ3v) is 7.48. The number of carbonyl (C=O) groups excluding carboxylic acids is 3. The molecule has 0 aliphatic carbocycles. The smallest absolute Gasteiger partial charge is 0.240 e. The Morgan fingerprint density at radius 1 is 0.892 bits per heavy atom. The predicted molar refractivity (Wildman–Crippen MR) is 139 cm³/mol. The predicted octanol–water partition coefficient (Wildman–Crippen LogP) is 4.63. The highest BCUT2D eigenvalue weighted by molar-refractivity contribution is 6.24. The molecule has 3 aromatic carbocycles. The number of imide groups is 1. The van der Waals surface area contributed by atoms with Crippen LogP contribution in [0.4, 0.5) is 5.69 Å². The molecular weight excluding hydrogens is 466 g/mol. The highest BCUT2D eigenvalue weighted by atomic mass is 16.5. The lowest BCUT2D eigenvalue weighted by atomic mass is 9.83. The molecule has 3 aliphatic rings. The minimum Gasteiger partial charge on any atom is -0.494 e. The molecule has 2 saturated heterocycles. The van der Waals surface area contributed by atoms with E-state index < -0.39 is 23.9 Å². The maximum absolute atomic E-state index is 13.9. The molecule has 37 heavy (non-hydrogen) atoms. The van der Waals surface area contributed by atoms with Gasteiger partial charge in [-0.15, -0.1) is 0 Å². The first-order valence-electron chi connectivity index (χ1n) is 12.7. The first kappa shape index (κ1) is 23.2. The molecule has 2 fully saturated rings. The van der Waals surface area contributed by atoms with Crippen LogP contribution in [0.5, 0.6) is 5.75 Å². The zero-order chi connectivity index (χ0) is 25.5. The van der Waals surface area contributed by atoms with Crippen molar-refractivity contribution in [1.29, 1.82) is 0 Å². The Kier molecular flexibility index (Phi) is 5.83. The van der Waals surface area contributed by atoms with E-state index in [4.69, 9.17) is 4.74 Å². The standard InChI is InChI=1S/C30H27N3O4/c1-2-3-17-37-22-15-13-21(14-16-22)32-29(35)24-25(30(32)36)27(28(34)19-9-5-4-6-10-19)33-26(24)23-12-8-7-11-20(23)18-31-33/h4-16,18,24-27H,2-3,17H2,1H3/t24-,25+,26+,27-/m0/s1. The summed E-state index contributed by atoms with van der Waals surface area (Å²) in [6.07, 6.45) is 3.70. The second-order valence-electron chi connectivity index (χ2n) is 9.63. The van der Waals surface area contributed by atoms with Crippen LogP contribution in [0.1, 0.15) is 47.3 Å². The number of Topliss-reactive ketones (excluding diaryl/α,β-unsaturated/α-hetero) is 1. The molecule has 7 heteroatoms. The van der Waals surface area contributed by atoms with Crippen molar-refractivity contribution in [3.8, 4) is 5.75 Å². The van der Waals surface area contributed by atoms with E-state index in [2.05, 4.69) is 12.0 Å². The fourth-order valence-corrected chi connectivity index (χ4v) is 5.72. The van der Waals surface area contributed by atoms with Gasteiger partial charge in [0.05, 0.1) is 36.4 Å². The molecule has 0 aromatic heterocycles. The second kappa shape index (κ2) is 9.32. The number of ether oxygens (including phenoxy) is 1. The molecule has 0 unspecified atom stereocenters. The van der Waals surface area contributed by atoms with Gasteiger partial charge in [0, 0.05) is 5.56 Å². The lowest BCUT2D eigenvalue weighted by Gasteiger charge is -2.33. The van der Waals surface area contributed by atoms with Gasteiger partial charge >= 0.3 is 0 Å². The number of rotatable bonds is 7. The van der Waals surface area contributed by atoms with Crippen LogP contribution in [0.15, 0.2) is 84.0 Å². The van der Waals surface area contributed by atoms with Crippen LogP contribution in [0.2, 0.25) is 0 Å². The number of anilines is 1. The van der Waals surface area contributed by atoms with Gasteiger partial charge in [-0.2, -0.15) is 5.10 Å². The van der Waals surface area contributed by atoms with Crippen molar-refractivity contribution >= 4 is 29.5 Å². The SMILES string of the molecule is CCCCOc1ccc(N2C(=O)[C@@H]3[C@H](C2=O)[C@H]2c4ccccc4C=NN2[C@@H]3C(=O)c2ccccc2)cc1. The molecule has 0 radical (unpaired) electrons. The van der Waals surface area contributed by atoms with Crippen LogP contribution in [0.3, 0.4) is 0 Å². The van der Waals surface area contributed by atoms with E-state index in [1.54, 1.807) is 59.8 Å². The molecular formula is C30H27N3O4. The summed E-state index contributed by atoms with van der Waals surface area (Å²) in [7, 11) is 0. The monoisotopic (exact) mass is 493 g/mol. The summed E-state index contributed by atoms with van der Waals surface area (Å²) < 4.78 is 5.74. The fourth-order valence-electron chi connectivity index (χ4n) is 5.72. The quantitative estimate of drug-likeness (QED) is 0.273. The Morgan fingerprint density at radius 2 is 1.59 bits per heavy atom. The maximum atomic E-state index is 13.9. The average molecular weight is 494 g/mol. The molecule has 0 spiro atoms. The van der Waals surface area contributed by atoms with Gasteiger partial charge in [0.1, 0.15) is 11.8 Å². The number of nitrogens with zero attached hydrogens (tertiary/aromatic N) is 3. The highest BCUT2D eigenvalue weighted by Gasteiger charge is 2.65.